The Morgan fingerprint density at radius 1 is 1.45 bits per heavy atom. The maximum absolute atomic E-state index is 12.0. The van der Waals surface area contributed by atoms with Crippen molar-refractivity contribution in [3.8, 4) is 0 Å². The SMILES string of the molecule is CCOC(=O)/C(=N\Nc1ccc(Br)cc1)Sc1nncn1C. The standard InChI is InChI=1S/C13H14BrN5O2S/c1-3-21-12(20)11(22-13-18-15-8-19(13)2)17-16-10-6-4-9(14)5-7-10/h4-8,16H,3H2,1-2H3/b17-11+. The van der Waals surface area contributed by atoms with Gasteiger partial charge in [0.05, 0.1) is 12.3 Å². The van der Waals surface area contributed by atoms with Crippen molar-refractivity contribution in [2.24, 2.45) is 12.1 Å². The molecule has 0 atom stereocenters. The lowest BCUT2D eigenvalue weighted by atomic mass is 10.3. The molecule has 0 saturated heterocycles. The molecule has 2 rings (SSSR count). The van der Waals surface area contributed by atoms with Crippen LogP contribution in [0.3, 0.4) is 0 Å². The van der Waals surface area contributed by atoms with Crippen LogP contribution >= 0.6 is 27.7 Å². The number of nitrogens with one attached hydrogen (secondary N) is 1. The number of aryl methyl sites for hydroxylation is 1. The molecule has 0 spiro atoms. The molecule has 0 saturated carbocycles. The van der Waals surface area contributed by atoms with Crippen LogP contribution in [0.5, 0.6) is 0 Å². The average Bonchev–Trinajstić information content (AvgIpc) is 2.90. The van der Waals surface area contributed by atoms with Crippen LogP contribution in [0.25, 0.3) is 0 Å². The van der Waals surface area contributed by atoms with Crippen molar-refractivity contribution in [2.45, 2.75) is 12.1 Å². The quantitative estimate of drug-likeness (QED) is 0.287. The molecule has 0 aliphatic carbocycles. The molecule has 0 bridgehead atoms. The lowest BCUT2D eigenvalue weighted by Gasteiger charge is -2.06. The average molecular weight is 384 g/mol. The zero-order valence-electron chi connectivity index (χ0n) is 12.0. The third-order valence-corrected chi connectivity index (χ3v) is 3.97. The van der Waals surface area contributed by atoms with E-state index in [1.165, 1.54) is 0 Å². The van der Waals surface area contributed by atoms with Gasteiger partial charge in [0.15, 0.2) is 5.16 Å². The number of nitrogens with zero attached hydrogens (tertiary/aromatic N) is 4. The summed E-state index contributed by atoms with van der Waals surface area (Å²) in [4.78, 5) is 12.0. The molecule has 1 aromatic carbocycles. The second kappa shape index (κ2) is 7.95. The van der Waals surface area contributed by atoms with Gasteiger partial charge in [0.25, 0.3) is 0 Å². The highest BCUT2D eigenvalue weighted by molar-refractivity contribution is 9.10. The summed E-state index contributed by atoms with van der Waals surface area (Å²) in [5.74, 6) is -0.514. The van der Waals surface area contributed by atoms with Crippen LogP contribution in [-0.2, 0) is 16.6 Å². The first-order valence-electron chi connectivity index (χ1n) is 6.38. The third kappa shape index (κ3) is 4.57. The highest BCUT2D eigenvalue weighted by atomic mass is 79.9. The van der Waals surface area contributed by atoms with Gasteiger partial charge >= 0.3 is 5.97 Å². The summed E-state index contributed by atoms with van der Waals surface area (Å²) in [6.07, 6.45) is 1.55. The lowest BCUT2D eigenvalue weighted by molar-refractivity contribution is -0.134. The normalized spacial score (nSPS) is 11.3. The lowest BCUT2D eigenvalue weighted by Crippen LogP contribution is -2.16. The van der Waals surface area contributed by atoms with E-state index < -0.39 is 5.97 Å². The van der Waals surface area contributed by atoms with E-state index in [1.807, 2.05) is 24.3 Å². The zero-order chi connectivity index (χ0) is 15.9. The number of aromatic nitrogens is 3. The number of anilines is 1. The number of hydrazone groups is 1. The van der Waals surface area contributed by atoms with Gasteiger partial charge in [0, 0.05) is 11.5 Å². The van der Waals surface area contributed by atoms with Crippen molar-refractivity contribution in [3.63, 3.8) is 0 Å². The molecule has 1 aromatic heterocycles. The first kappa shape index (κ1) is 16.5. The number of halogens is 1. The molecule has 0 aliphatic rings. The molecule has 2 aromatic rings. The Kier molecular flexibility index (Phi) is 5.96. The summed E-state index contributed by atoms with van der Waals surface area (Å²) in [7, 11) is 1.78. The van der Waals surface area contributed by atoms with Gasteiger partial charge in [0.1, 0.15) is 6.33 Å². The van der Waals surface area contributed by atoms with E-state index in [2.05, 4.69) is 36.7 Å². The van der Waals surface area contributed by atoms with Gasteiger partial charge in [-0.3, -0.25) is 5.43 Å². The van der Waals surface area contributed by atoms with Gasteiger partial charge in [-0.25, -0.2) is 4.79 Å². The molecule has 0 aliphatic heterocycles. The Morgan fingerprint density at radius 2 is 2.18 bits per heavy atom. The second-order valence-electron chi connectivity index (χ2n) is 4.08. The monoisotopic (exact) mass is 383 g/mol. The second-order valence-corrected chi connectivity index (χ2v) is 5.95. The van der Waals surface area contributed by atoms with Crippen molar-refractivity contribution >= 4 is 44.4 Å². The van der Waals surface area contributed by atoms with E-state index in [9.17, 15) is 4.79 Å². The summed E-state index contributed by atoms with van der Waals surface area (Å²) in [5.41, 5.74) is 3.58. The Morgan fingerprint density at radius 3 is 2.77 bits per heavy atom. The van der Waals surface area contributed by atoms with Crippen molar-refractivity contribution in [3.05, 3.63) is 35.1 Å². The fourth-order valence-electron chi connectivity index (χ4n) is 1.39. The molecule has 22 heavy (non-hydrogen) atoms. The Balaban J connectivity index is 2.16. The third-order valence-electron chi connectivity index (χ3n) is 2.44. The van der Waals surface area contributed by atoms with E-state index >= 15 is 0 Å². The van der Waals surface area contributed by atoms with E-state index in [0.29, 0.717) is 5.16 Å². The first-order valence-corrected chi connectivity index (χ1v) is 7.99. The van der Waals surface area contributed by atoms with Crippen LogP contribution in [0.15, 0.2) is 45.3 Å². The number of hydrogen-bond donors (Lipinski definition) is 1. The van der Waals surface area contributed by atoms with Crippen molar-refractivity contribution in [2.75, 3.05) is 12.0 Å². The van der Waals surface area contributed by atoms with Gasteiger partial charge in [-0.2, -0.15) is 5.10 Å². The minimum Gasteiger partial charge on any atom is -0.461 e. The largest absolute Gasteiger partial charge is 0.461 e. The number of ether oxygens (including phenoxy) is 1. The van der Waals surface area contributed by atoms with E-state index in [0.717, 1.165) is 21.9 Å². The maximum Gasteiger partial charge on any atom is 0.365 e. The number of esters is 1. The molecule has 0 unspecified atom stereocenters. The van der Waals surface area contributed by atoms with Crippen LogP contribution in [0.2, 0.25) is 0 Å². The molecule has 0 radical (unpaired) electrons. The van der Waals surface area contributed by atoms with Crippen LogP contribution in [0.4, 0.5) is 5.69 Å². The molecule has 0 fully saturated rings. The predicted molar refractivity (Wildman–Crippen MR) is 88.7 cm³/mol. The fourth-order valence-corrected chi connectivity index (χ4v) is 2.34. The summed E-state index contributed by atoms with van der Waals surface area (Å²) in [5, 5.41) is 12.5. The maximum atomic E-state index is 12.0. The minimum atomic E-state index is -0.514. The molecule has 116 valence electrons. The Labute approximate surface area is 140 Å². The summed E-state index contributed by atoms with van der Waals surface area (Å²) >= 11 is 4.44. The highest BCUT2D eigenvalue weighted by Gasteiger charge is 2.18. The Bertz CT molecular complexity index is 671. The highest BCUT2D eigenvalue weighted by Crippen LogP contribution is 2.18. The topological polar surface area (TPSA) is 81.4 Å². The zero-order valence-corrected chi connectivity index (χ0v) is 14.4. The van der Waals surface area contributed by atoms with Crippen LogP contribution in [-0.4, -0.2) is 32.4 Å². The smallest absolute Gasteiger partial charge is 0.365 e. The first-order chi connectivity index (χ1) is 10.6. The number of hydrogen-bond acceptors (Lipinski definition) is 7. The number of carbonyl (C=O) groups excluding carboxylic acids is 1. The number of carbonyl (C=O) groups is 1. The molecule has 0 amide bonds. The minimum absolute atomic E-state index is 0.154. The molecule has 7 nitrogen and oxygen atoms in total. The summed E-state index contributed by atoms with van der Waals surface area (Å²) in [6.45, 7) is 2.01. The van der Waals surface area contributed by atoms with Gasteiger partial charge in [-0.15, -0.1) is 10.2 Å². The summed E-state index contributed by atoms with van der Waals surface area (Å²) in [6, 6.07) is 7.42. The van der Waals surface area contributed by atoms with Gasteiger partial charge in [-0.1, -0.05) is 15.9 Å². The summed E-state index contributed by atoms with van der Waals surface area (Å²) < 4.78 is 7.66. The molecule has 1 heterocycles. The van der Waals surface area contributed by atoms with Gasteiger partial charge < -0.3 is 9.30 Å². The molecule has 1 N–H and O–H groups in total. The molecular weight excluding hydrogens is 370 g/mol. The van der Waals surface area contributed by atoms with Gasteiger partial charge in [0.2, 0.25) is 5.04 Å². The van der Waals surface area contributed by atoms with E-state index in [4.69, 9.17) is 4.74 Å². The fraction of sp³-hybridized carbons (Fsp3) is 0.231. The number of thioether (sulfide) groups is 1. The van der Waals surface area contributed by atoms with Crippen molar-refractivity contribution < 1.29 is 9.53 Å². The van der Waals surface area contributed by atoms with Gasteiger partial charge in [-0.05, 0) is 43.0 Å². The van der Waals surface area contributed by atoms with E-state index in [-0.39, 0.29) is 11.7 Å². The molecular formula is C13H14BrN5O2S. The van der Waals surface area contributed by atoms with Crippen molar-refractivity contribution in [1.82, 2.24) is 14.8 Å². The number of benzene rings is 1. The predicted octanol–water partition coefficient (Wildman–Crippen LogP) is 2.66. The number of rotatable bonds is 4. The Hall–Kier alpha value is -1.87. The van der Waals surface area contributed by atoms with Crippen LogP contribution in [0, 0.1) is 0 Å². The molecule has 9 heteroatoms. The van der Waals surface area contributed by atoms with Crippen LogP contribution in [0.1, 0.15) is 6.92 Å². The van der Waals surface area contributed by atoms with E-state index in [1.54, 1.807) is 24.9 Å². The van der Waals surface area contributed by atoms with Crippen LogP contribution < -0.4 is 5.43 Å². The van der Waals surface area contributed by atoms with Crippen molar-refractivity contribution in [1.29, 1.82) is 0 Å².